The highest BCUT2D eigenvalue weighted by Gasteiger charge is 2.42. The van der Waals surface area contributed by atoms with E-state index >= 15 is 0 Å². The smallest absolute Gasteiger partial charge is 0.338 e. The van der Waals surface area contributed by atoms with Gasteiger partial charge in [0.25, 0.3) is 0 Å². The summed E-state index contributed by atoms with van der Waals surface area (Å²) in [5, 5.41) is 2.74. The molecule has 0 N–H and O–H groups in total. The van der Waals surface area contributed by atoms with Crippen molar-refractivity contribution in [2.24, 2.45) is 4.99 Å². The molecule has 1 amide bonds. The molecule has 0 fully saturated rings. The number of rotatable bonds is 8. The highest BCUT2D eigenvalue weighted by molar-refractivity contribution is 8.16. The molecule has 2 heterocycles. The van der Waals surface area contributed by atoms with Gasteiger partial charge in [-0.15, -0.1) is 0 Å². The summed E-state index contributed by atoms with van der Waals surface area (Å²) in [6.45, 7) is 6.65. The molecule has 3 aromatic rings. The molecule has 2 aliphatic heterocycles. The molecule has 1 atom stereocenters. The number of hydrogen-bond donors (Lipinski definition) is 0. The molecule has 0 aliphatic carbocycles. The van der Waals surface area contributed by atoms with Gasteiger partial charge in [0.2, 0.25) is 5.91 Å². The van der Waals surface area contributed by atoms with Crippen LogP contribution in [0.4, 0.5) is 0 Å². The van der Waals surface area contributed by atoms with Crippen molar-refractivity contribution < 1.29 is 14.3 Å². The fourth-order valence-electron chi connectivity index (χ4n) is 5.02. The van der Waals surface area contributed by atoms with Crippen LogP contribution in [0, 0.1) is 13.8 Å². The summed E-state index contributed by atoms with van der Waals surface area (Å²) >= 11 is 1.49. The SMILES string of the molecule is CC1=C(C(=O)OCc2ccccc2)C(c2cc(C)ccc2C)N2C(CC(=O)N(C)Cc3ccccc3)=CSC2=N1. The summed E-state index contributed by atoms with van der Waals surface area (Å²) in [4.78, 5) is 35.7. The zero-order chi connectivity index (χ0) is 28.2. The van der Waals surface area contributed by atoms with Gasteiger partial charge in [-0.2, -0.15) is 0 Å². The third-order valence-corrected chi connectivity index (χ3v) is 8.07. The molecule has 1 unspecified atom stereocenters. The molecule has 0 bridgehead atoms. The standard InChI is InChI=1S/C33H33N3O3S/c1-22-15-16-23(2)28(17-22)31-30(32(38)39-20-26-13-9-6-10-14-26)24(3)34-33-36(31)27(21-40-33)18-29(37)35(4)19-25-11-7-5-8-12-25/h5-17,21,31H,18-20H2,1-4H3. The molecule has 2 aliphatic rings. The number of nitrogens with zero attached hydrogens (tertiary/aromatic N) is 3. The minimum atomic E-state index is -0.454. The first-order valence-electron chi connectivity index (χ1n) is 13.3. The summed E-state index contributed by atoms with van der Waals surface area (Å²) in [6, 6.07) is 25.4. The second-order valence-electron chi connectivity index (χ2n) is 10.2. The van der Waals surface area contributed by atoms with Crippen molar-refractivity contribution in [2.75, 3.05) is 7.05 Å². The first kappa shape index (κ1) is 27.5. The molecular weight excluding hydrogens is 518 g/mol. The number of aryl methyl sites for hydroxylation is 2. The van der Waals surface area contributed by atoms with E-state index < -0.39 is 12.0 Å². The maximum Gasteiger partial charge on any atom is 0.338 e. The quantitative estimate of drug-likeness (QED) is 0.293. The van der Waals surface area contributed by atoms with Gasteiger partial charge in [-0.3, -0.25) is 4.79 Å². The van der Waals surface area contributed by atoms with Crippen molar-refractivity contribution in [3.63, 3.8) is 0 Å². The van der Waals surface area contributed by atoms with Crippen molar-refractivity contribution in [3.05, 3.63) is 129 Å². The third kappa shape index (κ3) is 5.89. The van der Waals surface area contributed by atoms with Crippen LogP contribution in [0.3, 0.4) is 0 Å². The summed E-state index contributed by atoms with van der Waals surface area (Å²) < 4.78 is 5.84. The molecule has 0 spiro atoms. The Kier molecular flexibility index (Phi) is 8.21. The summed E-state index contributed by atoms with van der Waals surface area (Å²) in [6.07, 6.45) is 0.197. The predicted molar refractivity (Wildman–Crippen MR) is 160 cm³/mol. The van der Waals surface area contributed by atoms with E-state index in [1.165, 1.54) is 11.8 Å². The van der Waals surface area contributed by atoms with Crippen LogP contribution in [0.5, 0.6) is 0 Å². The minimum absolute atomic E-state index is 0.00357. The molecule has 0 saturated carbocycles. The number of hydrogen-bond acceptors (Lipinski definition) is 6. The van der Waals surface area contributed by atoms with Crippen LogP contribution < -0.4 is 0 Å². The van der Waals surface area contributed by atoms with Gasteiger partial charge in [0, 0.05) is 19.3 Å². The number of amides is 1. The number of aliphatic imine (C=N–C) groups is 1. The Bertz CT molecular complexity index is 1510. The van der Waals surface area contributed by atoms with E-state index in [0.717, 1.165) is 38.7 Å². The fourth-order valence-corrected chi connectivity index (χ4v) is 5.98. The molecule has 40 heavy (non-hydrogen) atoms. The van der Waals surface area contributed by atoms with Crippen LogP contribution in [-0.2, 0) is 27.5 Å². The maximum atomic E-state index is 13.7. The van der Waals surface area contributed by atoms with Gasteiger partial charge in [0.15, 0.2) is 5.17 Å². The van der Waals surface area contributed by atoms with Crippen molar-refractivity contribution in [2.45, 2.75) is 46.4 Å². The molecule has 0 radical (unpaired) electrons. The van der Waals surface area contributed by atoms with E-state index in [2.05, 4.69) is 18.2 Å². The number of esters is 1. The monoisotopic (exact) mass is 551 g/mol. The number of carbonyl (C=O) groups excluding carboxylic acids is 2. The number of allylic oxidation sites excluding steroid dienone is 1. The number of carbonyl (C=O) groups is 2. The zero-order valence-corrected chi connectivity index (χ0v) is 24.1. The normalized spacial score (nSPS) is 16.3. The van der Waals surface area contributed by atoms with Crippen molar-refractivity contribution in [1.82, 2.24) is 9.80 Å². The first-order valence-corrected chi connectivity index (χ1v) is 14.2. The zero-order valence-electron chi connectivity index (χ0n) is 23.3. The molecular formula is C33H33N3O3S. The van der Waals surface area contributed by atoms with Crippen molar-refractivity contribution >= 4 is 28.8 Å². The lowest BCUT2D eigenvalue weighted by atomic mass is 9.90. The largest absolute Gasteiger partial charge is 0.457 e. The Morgan fingerprint density at radius 3 is 2.33 bits per heavy atom. The molecule has 0 saturated heterocycles. The topological polar surface area (TPSA) is 62.2 Å². The number of fused-ring (bicyclic) bond motifs is 1. The van der Waals surface area contributed by atoms with Crippen molar-refractivity contribution in [1.29, 1.82) is 0 Å². The number of amidine groups is 1. The lowest BCUT2D eigenvalue weighted by Crippen LogP contribution is -2.38. The van der Waals surface area contributed by atoms with Crippen LogP contribution in [0.2, 0.25) is 0 Å². The van der Waals surface area contributed by atoms with Crippen LogP contribution in [0.15, 0.2) is 106 Å². The van der Waals surface area contributed by atoms with E-state index in [1.54, 1.807) is 4.90 Å². The minimum Gasteiger partial charge on any atom is -0.457 e. The van der Waals surface area contributed by atoms with Crippen LogP contribution in [0.1, 0.15) is 47.2 Å². The number of benzene rings is 3. The molecule has 3 aromatic carbocycles. The predicted octanol–water partition coefficient (Wildman–Crippen LogP) is 6.67. The molecule has 6 nitrogen and oxygen atoms in total. The van der Waals surface area contributed by atoms with E-state index in [-0.39, 0.29) is 18.9 Å². The highest BCUT2D eigenvalue weighted by Crippen LogP contribution is 2.46. The Labute approximate surface area is 240 Å². The van der Waals surface area contributed by atoms with Gasteiger partial charge in [-0.1, -0.05) is 96.2 Å². The summed E-state index contributed by atoms with van der Waals surface area (Å²) in [5.41, 5.74) is 7.08. The van der Waals surface area contributed by atoms with E-state index in [9.17, 15) is 9.59 Å². The van der Waals surface area contributed by atoms with Gasteiger partial charge in [0.05, 0.1) is 23.7 Å². The summed E-state index contributed by atoms with van der Waals surface area (Å²) in [7, 11) is 1.82. The molecule has 7 heteroatoms. The van der Waals surface area contributed by atoms with E-state index in [1.807, 2.05) is 98.8 Å². The Morgan fingerprint density at radius 2 is 1.62 bits per heavy atom. The van der Waals surface area contributed by atoms with Gasteiger partial charge in [-0.05, 0) is 48.4 Å². The third-order valence-electron chi connectivity index (χ3n) is 7.18. The summed E-state index contributed by atoms with van der Waals surface area (Å²) in [5.74, 6) is -0.407. The van der Waals surface area contributed by atoms with Gasteiger partial charge in [0.1, 0.15) is 6.61 Å². The average molecular weight is 552 g/mol. The van der Waals surface area contributed by atoms with Gasteiger partial charge >= 0.3 is 5.97 Å². The number of thioether (sulfide) groups is 1. The van der Waals surface area contributed by atoms with Crippen LogP contribution >= 0.6 is 11.8 Å². The second kappa shape index (κ2) is 12.0. The van der Waals surface area contributed by atoms with Gasteiger partial charge < -0.3 is 14.5 Å². The van der Waals surface area contributed by atoms with Crippen molar-refractivity contribution in [3.8, 4) is 0 Å². The van der Waals surface area contributed by atoms with E-state index in [4.69, 9.17) is 9.73 Å². The molecule has 0 aromatic heterocycles. The maximum absolute atomic E-state index is 13.7. The lowest BCUT2D eigenvalue weighted by Gasteiger charge is -2.37. The highest BCUT2D eigenvalue weighted by atomic mass is 32.2. The first-order chi connectivity index (χ1) is 19.3. The van der Waals surface area contributed by atoms with Gasteiger partial charge in [-0.25, -0.2) is 9.79 Å². The number of ether oxygens (including phenoxy) is 1. The fraction of sp³-hybridized carbons (Fsp3) is 0.242. The molecule has 5 rings (SSSR count). The van der Waals surface area contributed by atoms with E-state index in [0.29, 0.717) is 17.8 Å². The molecule has 204 valence electrons. The Balaban J connectivity index is 1.45. The Hall–Kier alpha value is -4.10. The average Bonchev–Trinajstić information content (AvgIpc) is 3.35. The van der Waals surface area contributed by atoms with Crippen LogP contribution in [-0.4, -0.2) is 33.9 Å². The lowest BCUT2D eigenvalue weighted by molar-refractivity contribution is -0.141. The second-order valence-corrected chi connectivity index (χ2v) is 11.1. The van der Waals surface area contributed by atoms with Crippen LogP contribution in [0.25, 0.3) is 0 Å². The Morgan fingerprint density at radius 1 is 0.950 bits per heavy atom.